The second kappa shape index (κ2) is 6.42. The number of fused-ring (bicyclic) bond motifs is 1. The number of nitrogens with one attached hydrogen (secondary N) is 1. The van der Waals surface area contributed by atoms with Crippen LogP contribution in [0.1, 0.15) is 35.2 Å². The van der Waals surface area contributed by atoms with Crippen molar-refractivity contribution in [3.05, 3.63) is 69.9 Å². The summed E-state index contributed by atoms with van der Waals surface area (Å²) >= 11 is 1.92. The van der Waals surface area contributed by atoms with Gasteiger partial charge in [0.15, 0.2) is 0 Å². The summed E-state index contributed by atoms with van der Waals surface area (Å²) in [5.41, 5.74) is 1.37. The SMILES string of the molecule is CCNC(c1ccc(CC)s1)c1cccc2ccccc12. The van der Waals surface area contributed by atoms with E-state index in [0.29, 0.717) is 0 Å². The van der Waals surface area contributed by atoms with Crippen molar-refractivity contribution < 1.29 is 0 Å². The summed E-state index contributed by atoms with van der Waals surface area (Å²) in [6.45, 7) is 5.36. The lowest BCUT2D eigenvalue weighted by atomic mass is 9.97. The molecule has 0 aliphatic heterocycles. The van der Waals surface area contributed by atoms with Gasteiger partial charge in [-0.15, -0.1) is 11.3 Å². The summed E-state index contributed by atoms with van der Waals surface area (Å²) in [4.78, 5) is 2.86. The minimum absolute atomic E-state index is 0.284. The number of aryl methyl sites for hydroxylation is 1. The van der Waals surface area contributed by atoms with E-state index in [1.165, 1.54) is 26.1 Å². The van der Waals surface area contributed by atoms with Crippen molar-refractivity contribution in [1.29, 1.82) is 0 Å². The highest BCUT2D eigenvalue weighted by molar-refractivity contribution is 7.12. The molecule has 0 fully saturated rings. The number of hydrogen-bond acceptors (Lipinski definition) is 2. The molecule has 0 aliphatic carbocycles. The highest BCUT2D eigenvalue weighted by Gasteiger charge is 2.17. The molecule has 3 rings (SSSR count). The average Bonchev–Trinajstić information content (AvgIpc) is 3.01. The second-order valence-corrected chi connectivity index (χ2v) is 6.42. The van der Waals surface area contributed by atoms with Gasteiger partial charge in [0.1, 0.15) is 0 Å². The third-order valence-electron chi connectivity index (χ3n) is 3.86. The summed E-state index contributed by atoms with van der Waals surface area (Å²) in [5, 5.41) is 6.31. The van der Waals surface area contributed by atoms with Gasteiger partial charge in [-0.1, -0.05) is 56.3 Å². The third kappa shape index (κ3) is 2.87. The van der Waals surface area contributed by atoms with Gasteiger partial charge in [0, 0.05) is 9.75 Å². The number of rotatable bonds is 5. The van der Waals surface area contributed by atoms with E-state index in [1.807, 2.05) is 11.3 Å². The normalized spacial score (nSPS) is 12.7. The number of benzene rings is 2. The Balaban J connectivity index is 2.11. The van der Waals surface area contributed by atoms with Crippen LogP contribution in [-0.4, -0.2) is 6.54 Å². The highest BCUT2D eigenvalue weighted by atomic mass is 32.1. The molecule has 0 saturated heterocycles. The lowest BCUT2D eigenvalue weighted by molar-refractivity contribution is 0.643. The van der Waals surface area contributed by atoms with Crippen LogP contribution in [-0.2, 0) is 6.42 Å². The predicted octanol–water partition coefficient (Wildman–Crippen LogP) is 5.16. The van der Waals surface area contributed by atoms with E-state index >= 15 is 0 Å². The standard InChI is InChI=1S/C19H21NS/c1-3-15-12-13-18(21-15)19(20-4-2)17-11-7-9-14-8-5-6-10-16(14)17/h5-13,19-20H,3-4H2,1-2H3. The Bertz CT molecular complexity index is 724. The summed E-state index contributed by atoms with van der Waals surface area (Å²) in [7, 11) is 0. The molecule has 0 spiro atoms. The van der Waals surface area contributed by atoms with Crippen LogP contribution in [0.4, 0.5) is 0 Å². The summed E-state index contributed by atoms with van der Waals surface area (Å²) in [6, 6.07) is 20.1. The molecule has 1 unspecified atom stereocenters. The van der Waals surface area contributed by atoms with Crippen molar-refractivity contribution in [3.8, 4) is 0 Å². The van der Waals surface area contributed by atoms with Crippen LogP contribution >= 0.6 is 11.3 Å². The molecular weight excluding hydrogens is 274 g/mol. The molecule has 0 amide bonds. The minimum atomic E-state index is 0.284. The highest BCUT2D eigenvalue weighted by Crippen LogP contribution is 2.32. The molecule has 1 N–H and O–H groups in total. The topological polar surface area (TPSA) is 12.0 Å². The first-order chi connectivity index (χ1) is 10.3. The van der Waals surface area contributed by atoms with E-state index in [1.54, 1.807) is 0 Å². The summed E-state index contributed by atoms with van der Waals surface area (Å²) in [5.74, 6) is 0. The first-order valence-corrected chi connectivity index (χ1v) is 8.44. The Morgan fingerprint density at radius 2 is 1.76 bits per heavy atom. The third-order valence-corrected chi connectivity index (χ3v) is 5.15. The Kier molecular flexibility index (Phi) is 4.37. The lowest BCUT2D eigenvalue weighted by Gasteiger charge is -2.19. The van der Waals surface area contributed by atoms with Gasteiger partial charge in [0.2, 0.25) is 0 Å². The first kappa shape index (κ1) is 14.3. The molecule has 0 aliphatic rings. The van der Waals surface area contributed by atoms with Crippen LogP contribution in [0, 0.1) is 0 Å². The van der Waals surface area contributed by atoms with Gasteiger partial charge in [-0.05, 0) is 41.4 Å². The average molecular weight is 295 g/mol. The lowest BCUT2D eigenvalue weighted by Crippen LogP contribution is -2.21. The van der Waals surface area contributed by atoms with Crippen molar-refractivity contribution in [2.45, 2.75) is 26.3 Å². The fourth-order valence-electron chi connectivity index (χ4n) is 2.81. The summed E-state index contributed by atoms with van der Waals surface area (Å²) in [6.07, 6.45) is 1.11. The Labute approximate surface area is 130 Å². The fraction of sp³-hybridized carbons (Fsp3) is 0.263. The van der Waals surface area contributed by atoms with E-state index in [-0.39, 0.29) is 6.04 Å². The molecule has 2 aromatic carbocycles. The molecule has 1 nitrogen and oxygen atoms in total. The van der Waals surface area contributed by atoms with Crippen LogP contribution in [0.3, 0.4) is 0 Å². The van der Waals surface area contributed by atoms with Gasteiger partial charge >= 0.3 is 0 Å². The van der Waals surface area contributed by atoms with Gasteiger partial charge in [-0.25, -0.2) is 0 Å². The Hall–Kier alpha value is -1.64. The predicted molar refractivity (Wildman–Crippen MR) is 93.2 cm³/mol. The van der Waals surface area contributed by atoms with Crippen LogP contribution in [0.2, 0.25) is 0 Å². The molecule has 0 radical (unpaired) electrons. The van der Waals surface area contributed by atoms with E-state index in [9.17, 15) is 0 Å². The van der Waals surface area contributed by atoms with E-state index in [4.69, 9.17) is 0 Å². The molecular formula is C19H21NS. The van der Waals surface area contributed by atoms with Gasteiger partial charge in [-0.2, -0.15) is 0 Å². The largest absolute Gasteiger partial charge is 0.306 e. The number of thiophene rings is 1. The minimum Gasteiger partial charge on any atom is -0.306 e. The molecule has 1 atom stereocenters. The van der Waals surface area contributed by atoms with Crippen molar-refractivity contribution in [3.63, 3.8) is 0 Å². The molecule has 2 heteroatoms. The Morgan fingerprint density at radius 1 is 0.952 bits per heavy atom. The molecule has 1 aromatic heterocycles. The maximum absolute atomic E-state index is 3.66. The maximum atomic E-state index is 3.66. The summed E-state index contributed by atoms with van der Waals surface area (Å²) < 4.78 is 0. The van der Waals surface area contributed by atoms with Crippen molar-refractivity contribution in [1.82, 2.24) is 5.32 Å². The van der Waals surface area contributed by atoms with Crippen LogP contribution < -0.4 is 5.32 Å². The van der Waals surface area contributed by atoms with E-state index in [0.717, 1.165) is 13.0 Å². The van der Waals surface area contributed by atoms with Crippen molar-refractivity contribution in [2.24, 2.45) is 0 Å². The molecule has 1 heterocycles. The van der Waals surface area contributed by atoms with Gasteiger partial charge < -0.3 is 5.32 Å². The molecule has 0 bridgehead atoms. The zero-order chi connectivity index (χ0) is 14.7. The van der Waals surface area contributed by atoms with Gasteiger partial charge in [-0.3, -0.25) is 0 Å². The molecule has 21 heavy (non-hydrogen) atoms. The van der Waals surface area contributed by atoms with Gasteiger partial charge in [0.25, 0.3) is 0 Å². The van der Waals surface area contributed by atoms with Gasteiger partial charge in [0.05, 0.1) is 6.04 Å². The van der Waals surface area contributed by atoms with E-state index < -0.39 is 0 Å². The maximum Gasteiger partial charge on any atom is 0.0677 e. The smallest absolute Gasteiger partial charge is 0.0677 e. The molecule has 0 saturated carbocycles. The zero-order valence-electron chi connectivity index (χ0n) is 12.6. The first-order valence-electron chi connectivity index (χ1n) is 7.63. The number of hydrogen-bond donors (Lipinski definition) is 1. The van der Waals surface area contributed by atoms with Crippen LogP contribution in [0.5, 0.6) is 0 Å². The molecule has 3 aromatic rings. The Morgan fingerprint density at radius 3 is 2.52 bits per heavy atom. The monoisotopic (exact) mass is 295 g/mol. The van der Waals surface area contributed by atoms with Crippen LogP contribution in [0.15, 0.2) is 54.6 Å². The zero-order valence-corrected chi connectivity index (χ0v) is 13.4. The van der Waals surface area contributed by atoms with Crippen molar-refractivity contribution in [2.75, 3.05) is 6.54 Å². The molecule has 108 valence electrons. The van der Waals surface area contributed by atoms with Crippen molar-refractivity contribution >= 4 is 22.1 Å². The quantitative estimate of drug-likeness (QED) is 0.685. The van der Waals surface area contributed by atoms with E-state index in [2.05, 4.69) is 73.8 Å². The second-order valence-electron chi connectivity index (χ2n) is 5.22. The van der Waals surface area contributed by atoms with Crippen LogP contribution in [0.25, 0.3) is 10.8 Å². The fourth-order valence-corrected chi connectivity index (χ4v) is 3.86.